The summed E-state index contributed by atoms with van der Waals surface area (Å²) in [6.07, 6.45) is 6.43. The number of nitrogens with one attached hydrogen (secondary N) is 1. The van der Waals surface area contributed by atoms with Gasteiger partial charge in [0.15, 0.2) is 0 Å². The number of hydrogen-bond acceptors (Lipinski definition) is 2. The predicted molar refractivity (Wildman–Crippen MR) is 78.4 cm³/mol. The highest BCUT2D eigenvalue weighted by Crippen LogP contribution is 2.20. The lowest BCUT2D eigenvalue weighted by molar-refractivity contribution is 0.148. The van der Waals surface area contributed by atoms with Crippen LogP contribution in [0.4, 0.5) is 0 Å². The van der Waals surface area contributed by atoms with Gasteiger partial charge in [0.25, 0.3) is 0 Å². The van der Waals surface area contributed by atoms with Gasteiger partial charge in [0.2, 0.25) is 0 Å². The Balaban J connectivity index is 2.07. The first-order valence-electron chi connectivity index (χ1n) is 6.67. The Labute approximate surface area is 111 Å². The normalized spacial score (nSPS) is 12.2. The highest BCUT2D eigenvalue weighted by molar-refractivity contribution is 5.48. The molecule has 0 aliphatic carbocycles. The molecule has 0 atom stereocenters. The van der Waals surface area contributed by atoms with Gasteiger partial charge in [0, 0.05) is 13.2 Å². The van der Waals surface area contributed by atoms with E-state index < -0.39 is 0 Å². The number of aliphatic hydroxyl groups excluding tert-OH is 1. The van der Waals surface area contributed by atoms with Gasteiger partial charge in [0.05, 0.1) is 0 Å². The number of rotatable bonds is 8. The molecule has 0 fully saturated rings. The van der Waals surface area contributed by atoms with E-state index in [1.54, 1.807) is 0 Å². The molecular weight excluding hydrogens is 222 g/mol. The van der Waals surface area contributed by atoms with Gasteiger partial charge in [-0.05, 0) is 30.4 Å². The Hall–Kier alpha value is -1.12. The second kappa shape index (κ2) is 8.06. The van der Waals surface area contributed by atoms with Crippen LogP contribution in [-0.2, 0) is 0 Å². The van der Waals surface area contributed by atoms with Crippen molar-refractivity contribution < 1.29 is 5.11 Å². The van der Waals surface area contributed by atoms with Gasteiger partial charge in [0.1, 0.15) is 0 Å². The third-order valence-electron chi connectivity index (χ3n) is 3.01. The van der Waals surface area contributed by atoms with Crippen LogP contribution in [0.25, 0.3) is 6.08 Å². The van der Waals surface area contributed by atoms with Gasteiger partial charge in [-0.15, -0.1) is 0 Å². The largest absolute Gasteiger partial charge is 0.396 e. The molecule has 0 unspecified atom stereocenters. The van der Waals surface area contributed by atoms with Crippen LogP contribution in [0.2, 0.25) is 0 Å². The molecule has 18 heavy (non-hydrogen) atoms. The van der Waals surface area contributed by atoms with Gasteiger partial charge < -0.3 is 10.4 Å². The maximum absolute atomic E-state index is 9.13. The first-order valence-corrected chi connectivity index (χ1v) is 6.67. The number of benzene rings is 1. The van der Waals surface area contributed by atoms with E-state index in [2.05, 4.69) is 43.4 Å². The molecule has 0 radical (unpaired) electrons. The lowest BCUT2D eigenvalue weighted by Gasteiger charge is -2.21. The molecule has 100 valence electrons. The molecule has 1 rings (SSSR count). The molecule has 1 aromatic rings. The van der Waals surface area contributed by atoms with Crippen molar-refractivity contribution >= 4 is 6.08 Å². The predicted octanol–water partition coefficient (Wildman–Crippen LogP) is 3.09. The molecule has 0 aromatic heterocycles. The zero-order valence-electron chi connectivity index (χ0n) is 11.5. The van der Waals surface area contributed by atoms with Gasteiger partial charge in [-0.25, -0.2) is 0 Å². The molecule has 0 aliphatic heterocycles. The summed E-state index contributed by atoms with van der Waals surface area (Å²) in [5, 5.41) is 12.5. The summed E-state index contributed by atoms with van der Waals surface area (Å²) in [6.45, 7) is 6.36. The minimum Gasteiger partial charge on any atom is -0.396 e. The van der Waals surface area contributed by atoms with E-state index in [1.165, 1.54) is 5.56 Å². The molecule has 0 bridgehead atoms. The van der Waals surface area contributed by atoms with E-state index in [-0.39, 0.29) is 12.0 Å². The van der Waals surface area contributed by atoms with Crippen LogP contribution in [-0.4, -0.2) is 24.8 Å². The van der Waals surface area contributed by atoms with Crippen molar-refractivity contribution in [1.82, 2.24) is 5.32 Å². The van der Waals surface area contributed by atoms with Crippen LogP contribution in [0.5, 0.6) is 0 Å². The zero-order valence-corrected chi connectivity index (χ0v) is 11.5. The third-order valence-corrected chi connectivity index (χ3v) is 3.01. The molecular formula is C16H25NO. The van der Waals surface area contributed by atoms with Gasteiger partial charge in [-0.3, -0.25) is 0 Å². The Kier molecular flexibility index (Phi) is 6.69. The van der Waals surface area contributed by atoms with Crippen LogP contribution in [0.1, 0.15) is 32.3 Å². The smallest absolute Gasteiger partial charge is 0.0482 e. The highest BCUT2D eigenvalue weighted by atomic mass is 16.3. The maximum atomic E-state index is 9.13. The molecule has 2 nitrogen and oxygen atoms in total. The van der Waals surface area contributed by atoms with Crippen molar-refractivity contribution in [2.45, 2.75) is 26.7 Å². The lowest BCUT2D eigenvalue weighted by Crippen LogP contribution is -2.21. The zero-order chi connectivity index (χ0) is 13.3. The summed E-state index contributed by atoms with van der Waals surface area (Å²) < 4.78 is 0. The summed E-state index contributed by atoms with van der Waals surface area (Å²) in [6, 6.07) is 10.3. The summed E-state index contributed by atoms with van der Waals surface area (Å²) >= 11 is 0. The van der Waals surface area contributed by atoms with Crippen LogP contribution in [0.15, 0.2) is 36.4 Å². The van der Waals surface area contributed by atoms with Crippen LogP contribution in [0, 0.1) is 5.41 Å². The first-order chi connectivity index (χ1) is 8.64. The van der Waals surface area contributed by atoms with Crippen LogP contribution in [0.3, 0.4) is 0 Å². The standard InChI is InChI=1S/C16H25NO/c1-16(2,14-18)11-7-13-17-12-6-10-15-8-4-3-5-9-15/h3-6,8-10,17-18H,7,11-14H2,1-2H3/b10-6+. The van der Waals surface area contributed by atoms with Gasteiger partial charge >= 0.3 is 0 Å². The molecule has 2 heteroatoms. The van der Waals surface area contributed by atoms with E-state index in [1.807, 2.05) is 18.2 Å². The minimum atomic E-state index is 0.0571. The fourth-order valence-corrected chi connectivity index (χ4v) is 1.72. The van der Waals surface area contributed by atoms with Crippen molar-refractivity contribution in [3.63, 3.8) is 0 Å². The quantitative estimate of drug-likeness (QED) is 0.692. The van der Waals surface area contributed by atoms with Gasteiger partial charge in [-0.2, -0.15) is 0 Å². The van der Waals surface area contributed by atoms with E-state index >= 15 is 0 Å². The average molecular weight is 247 g/mol. The minimum absolute atomic E-state index is 0.0571. The van der Waals surface area contributed by atoms with E-state index in [4.69, 9.17) is 5.11 Å². The lowest BCUT2D eigenvalue weighted by atomic mass is 9.89. The number of hydrogen-bond donors (Lipinski definition) is 2. The Morgan fingerprint density at radius 3 is 2.61 bits per heavy atom. The first kappa shape index (κ1) is 14.9. The third kappa shape index (κ3) is 6.58. The van der Waals surface area contributed by atoms with E-state index in [0.717, 1.165) is 25.9 Å². The second-order valence-corrected chi connectivity index (χ2v) is 5.44. The van der Waals surface area contributed by atoms with Crippen molar-refractivity contribution in [3.05, 3.63) is 42.0 Å². The van der Waals surface area contributed by atoms with Crippen molar-refractivity contribution in [2.24, 2.45) is 5.41 Å². The Bertz CT molecular complexity index is 343. The SMILES string of the molecule is CC(C)(CO)CCCNC/C=C/c1ccccc1. The van der Waals surface area contributed by atoms with Crippen LogP contribution < -0.4 is 5.32 Å². The summed E-state index contributed by atoms with van der Waals surface area (Å²) in [5.41, 5.74) is 1.29. The van der Waals surface area contributed by atoms with Crippen molar-refractivity contribution in [3.8, 4) is 0 Å². The summed E-state index contributed by atoms with van der Waals surface area (Å²) in [4.78, 5) is 0. The fourth-order valence-electron chi connectivity index (χ4n) is 1.72. The van der Waals surface area contributed by atoms with Crippen molar-refractivity contribution in [1.29, 1.82) is 0 Å². The monoisotopic (exact) mass is 247 g/mol. The molecule has 1 aromatic carbocycles. The summed E-state index contributed by atoms with van der Waals surface area (Å²) in [7, 11) is 0. The molecule has 0 saturated carbocycles. The second-order valence-electron chi connectivity index (χ2n) is 5.44. The molecule has 0 saturated heterocycles. The van der Waals surface area contributed by atoms with E-state index in [9.17, 15) is 0 Å². The molecule has 2 N–H and O–H groups in total. The molecule has 0 aliphatic rings. The highest BCUT2D eigenvalue weighted by Gasteiger charge is 2.14. The maximum Gasteiger partial charge on any atom is 0.0482 e. The topological polar surface area (TPSA) is 32.3 Å². The molecule has 0 heterocycles. The van der Waals surface area contributed by atoms with Crippen molar-refractivity contribution in [2.75, 3.05) is 19.7 Å². The number of aliphatic hydroxyl groups is 1. The fraction of sp³-hybridized carbons (Fsp3) is 0.500. The summed E-state index contributed by atoms with van der Waals surface area (Å²) in [5.74, 6) is 0. The molecule has 0 amide bonds. The van der Waals surface area contributed by atoms with E-state index in [0.29, 0.717) is 0 Å². The van der Waals surface area contributed by atoms with Crippen LogP contribution >= 0.6 is 0 Å². The Morgan fingerprint density at radius 1 is 1.22 bits per heavy atom. The Morgan fingerprint density at radius 2 is 1.94 bits per heavy atom. The van der Waals surface area contributed by atoms with Gasteiger partial charge in [-0.1, -0.05) is 56.3 Å². The molecule has 0 spiro atoms. The average Bonchev–Trinajstić information content (AvgIpc) is 2.39.